The second kappa shape index (κ2) is 8.84. The van der Waals surface area contributed by atoms with E-state index in [2.05, 4.69) is 5.32 Å². The summed E-state index contributed by atoms with van der Waals surface area (Å²) in [7, 11) is 3.26. The van der Waals surface area contributed by atoms with Gasteiger partial charge in [0, 0.05) is 39.8 Å². The summed E-state index contributed by atoms with van der Waals surface area (Å²) < 4.78 is 23.6. The van der Waals surface area contributed by atoms with Gasteiger partial charge in [-0.25, -0.2) is 9.18 Å². The first-order valence-electron chi connectivity index (χ1n) is 7.94. The van der Waals surface area contributed by atoms with Gasteiger partial charge in [0.2, 0.25) is 0 Å². The van der Waals surface area contributed by atoms with E-state index in [9.17, 15) is 9.18 Å². The Hall–Kier alpha value is -1.66. The maximum atomic E-state index is 13.0. The van der Waals surface area contributed by atoms with Crippen molar-refractivity contribution in [1.29, 1.82) is 0 Å². The molecule has 0 saturated carbocycles. The van der Waals surface area contributed by atoms with Gasteiger partial charge in [-0.15, -0.1) is 0 Å². The van der Waals surface area contributed by atoms with Crippen LogP contribution in [0, 0.1) is 11.7 Å². The number of halogens is 1. The van der Waals surface area contributed by atoms with Crippen molar-refractivity contribution in [3.05, 3.63) is 35.6 Å². The van der Waals surface area contributed by atoms with Crippen LogP contribution in [0.2, 0.25) is 0 Å². The maximum absolute atomic E-state index is 13.0. The fourth-order valence-electron chi connectivity index (χ4n) is 2.93. The number of ether oxygens (including phenoxy) is 2. The highest BCUT2D eigenvalue weighted by Gasteiger charge is 2.24. The Balaban J connectivity index is 1.85. The highest BCUT2D eigenvalue weighted by Crippen LogP contribution is 2.18. The molecule has 23 heavy (non-hydrogen) atoms. The lowest BCUT2D eigenvalue weighted by molar-refractivity contribution is 0.0895. The molecule has 1 aromatic rings. The summed E-state index contributed by atoms with van der Waals surface area (Å²) in [5.41, 5.74) is 0.838. The first kappa shape index (κ1) is 17.7. The molecule has 1 aromatic carbocycles. The maximum Gasteiger partial charge on any atom is 0.317 e. The average Bonchev–Trinajstić information content (AvgIpc) is 2.57. The van der Waals surface area contributed by atoms with Crippen LogP contribution >= 0.6 is 0 Å². The predicted octanol–water partition coefficient (Wildman–Crippen LogP) is 2.58. The molecule has 0 bridgehead atoms. The largest absolute Gasteiger partial charge is 0.384 e. The summed E-state index contributed by atoms with van der Waals surface area (Å²) in [5, 5.41) is 2.91. The molecular formula is C17H25FN2O3. The van der Waals surface area contributed by atoms with Gasteiger partial charge >= 0.3 is 6.03 Å². The highest BCUT2D eigenvalue weighted by atomic mass is 19.1. The van der Waals surface area contributed by atoms with Crippen LogP contribution in [0.1, 0.15) is 24.5 Å². The summed E-state index contributed by atoms with van der Waals surface area (Å²) in [5.74, 6) is 0.111. The first-order valence-corrected chi connectivity index (χ1v) is 7.94. The van der Waals surface area contributed by atoms with Gasteiger partial charge in [0.15, 0.2) is 0 Å². The van der Waals surface area contributed by atoms with Crippen molar-refractivity contribution in [3.63, 3.8) is 0 Å². The number of rotatable bonds is 6. The Labute approximate surface area is 136 Å². The van der Waals surface area contributed by atoms with Gasteiger partial charge in [-0.05, 0) is 30.5 Å². The number of carbonyl (C=O) groups is 1. The molecule has 5 nitrogen and oxygen atoms in total. The molecule has 128 valence electrons. The number of piperidine rings is 1. The molecule has 0 radical (unpaired) electrons. The van der Waals surface area contributed by atoms with E-state index in [1.54, 1.807) is 26.4 Å². The van der Waals surface area contributed by atoms with Crippen LogP contribution in [0.3, 0.4) is 0 Å². The number of benzene rings is 1. The van der Waals surface area contributed by atoms with Crippen LogP contribution in [0.4, 0.5) is 9.18 Å². The first-order chi connectivity index (χ1) is 11.1. The van der Waals surface area contributed by atoms with Crippen LogP contribution < -0.4 is 5.32 Å². The molecule has 1 heterocycles. The van der Waals surface area contributed by atoms with E-state index in [1.165, 1.54) is 12.1 Å². The SMILES string of the molecule is COCC1CCCN(C(=O)NCC(OC)c2ccc(F)cc2)C1. The van der Waals surface area contributed by atoms with Crippen LogP contribution in [-0.2, 0) is 9.47 Å². The van der Waals surface area contributed by atoms with Crippen molar-refractivity contribution in [1.82, 2.24) is 10.2 Å². The fourth-order valence-corrected chi connectivity index (χ4v) is 2.93. The van der Waals surface area contributed by atoms with E-state index in [-0.39, 0.29) is 18.0 Å². The van der Waals surface area contributed by atoms with E-state index < -0.39 is 0 Å². The number of nitrogens with one attached hydrogen (secondary N) is 1. The smallest absolute Gasteiger partial charge is 0.317 e. The number of carbonyl (C=O) groups excluding carboxylic acids is 1. The molecule has 6 heteroatoms. The van der Waals surface area contributed by atoms with Gasteiger partial charge in [-0.1, -0.05) is 12.1 Å². The number of nitrogens with zero attached hydrogens (tertiary/aromatic N) is 1. The molecule has 0 spiro atoms. The lowest BCUT2D eigenvalue weighted by Crippen LogP contribution is -2.47. The van der Waals surface area contributed by atoms with Crippen LogP contribution in [0.25, 0.3) is 0 Å². The van der Waals surface area contributed by atoms with Gasteiger partial charge in [0.1, 0.15) is 5.82 Å². The van der Waals surface area contributed by atoms with E-state index in [1.807, 2.05) is 4.90 Å². The molecule has 2 amide bonds. The molecule has 1 N–H and O–H groups in total. The van der Waals surface area contributed by atoms with E-state index in [4.69, 9.17) is 9.47 Å². The lowest BCUT2D eigenvalue weighted by Gasteiger charge is -2.32. The quantitative estimate of drug-likeness (QED) is 0.875. The summed E-state index contributed by atoms with van der Waals surface area (Å²) in [6.07, 6.45) is 1.79. The third-order valence-corrected chi connectivity index (χ3v) is 4.17. The van der Waals surface area contributed by atoms with Crippen molar-refractivity contribution < 1.29 is 18.7 Å². The normalized spacial score (nSPS) is 19.4. The van der Waals surface area contributed by atoms with Crippen molar-refractivity contribution in [2.75, 3.05) is 40.5 Å². The molecule has 2 atom stereocenters. The minimum absolute atomic E-state index is 0.0880. The van der Waals surface area contributed by atoms with Crippen LogP contribution in [0.5, 0.6) is 0 Å². The van der Waals surface area contributed by atoms with E-state index in [0.29, 0.717) is 25.6 Å². The summed E-state index contributed by atoms with van der Waals surface area (Å²) in [6, 6.07) is 6.04. The molecule has 0 aliphatic carbocycles. The van der Waals surface area contributed by atoms with Gasteiger partial charge in [0.25, 0.3) is 0 Å². The van der Waals surface area contributed by atoms with E-state index in [0.717, 1.165) is 24.9 Å². The molecule has 1 saturated heterocycles. The van der Waals surface area contributed by atoms with Gasteiger partial charge in [0.05, 0.1) is 12.7 Å². The zero-order chi connectivity index (χ0) is 16.7. The summed E-state index contributed by atoms with van der Waals surface area (Å²) >= 11 is 0. The van der Waals surface area contributed by atoms with Gasteiger partial charge in [-0.2, -0.15) is 0 Å². The molecule has 1 aliphatic heterocycles. The van der Waals surface area contributed by atoms with Crippen molar-refractivity contribution in [2.45, 2.75) is 18.9 Å². The zero-order valence-electron chi connectivity index (χ0n) is 13.8. The highest BCUT2D eigenvalue weighted by molar-refractivity contribution is 5.74. The third kappa shape index (κ3) is 5.18. The molecule has 2 unspecified atom stereocenters. The second-order valence-corrected chi connectivity index (χ2v) is 5.87. The molecular weight excluding hydrogens is 299 g/mol. The van der Waals surface area contributed by atoms with Crippen LogP contribution in [-0.4, -0.2) is 51.4 Å². The van der Waals surface area contributed by atoms with E-state index >= 15 is 0 Å². The molecule has 1 fully saturated rings. The Morgan fingerprint density at radius 3 is 2.78 bits per heavy atom. The number of hydrogen-bond donors (Lipinski definition) is 1. The number of amides is 2. The van der Waals surface area contributed by atoms with Crippen molar-refractivity contribution >= 4 is 6.03 Å². The predicted molar refractivity (Wildman–Crippen MR) is 85.7 cm³/mol. The topological polar surface area (TPSA) is 50.8 Å². The summed E-state index contributed by atoms with van der Waals surface area (Å²) in [6.45, 7) is 2.51. The van der Waals surface area contributed by atoms with Crippen LogP contribution in [0.15, 0.2) is 24.3 Å². The number of urea groups is 1. The minimum atomic E-state index is -0.292. The molecule has 0 aromatic heterocycles. The second-order valence-electron chi connectivity index (χ2n) is 5.87. The fraction of sp³-hybridized carbons (Fsp3) is 0.588. The monoisotopic (exact) mass is 324 g/mol. The van der Waals surface area contributed by atoms with Gasteiger partial charge in [-0.3, -0.25) is 0 Å². The Morgan fingerprint density at radius 1 is 1.39 bits per heavy atom. The number of methoxy groups -OCH3 is 2. The zero-order valence-corrected chi connectivity index (χ0v) is 13.8. The Kier molecular flexibility index (Phi) is 6.80. The lowest BCUT2D eigenvalue weighted by atomic mass is 9.99. The summed E-state index contributed by atoms with van der Waals surface area (Å²) in [4.78, 5) is 14.1. The molecule has 2 rings (SSSR count). The third-order valence-electron chi connectivity index (χ3n) is 4.17. The van der Waals surface area contributed by atoms with Crippen molar-refractivity contribution in [2.24, 2.45) is 5.92 Å². The van der Waals surface area contributed by atoms with Gasteiger partial charge < -0.3 is 19.7 Å². The Bertz CT molecular complexity index is 493. The Morgan fingerprint density at radius 2 is 2.13 bits per heavy atom. The van der Waals surface area contributed by atoms with Crippen molar-refractivity contribution in [3.8, 4) is 0 Å². The minimum Gasteiger partial charge on any atom is -0.384 e. The standard InChI is InChI=1S/C17H25FN2O3/c1-22-12-13-4-3-9-20(11-13)17(21)19-10-16(23-2)14-5-7-15(18)8-6-14/h5-8,13,16H,3-4,9-12H2,1-2H3,(H,19,21). The average molecular weight is 324 g/mol. The number of hydrogen-bond acceptors (Lipinski definition) is 3. The molecule has 1 aliphatic rings. The number of likely N-dealkylation sites (tertiary alicyclic amines) is 1.